The van der Waals surface area contributed by atoms with E-state index in [0.29, 0.717) is 19.0 Å². The van der Waals surface area contributed by atoms with Crippen molar-refractivity contribution in [2.75, 3.05) is 31.2 Å². The molecule has 120 valence electrons. The Morgan fingerprint density at radius 2 is 1.39 bits per heavy atom. The number of aliphatic hydroxyl groups is 2. The van der Waals surface area contributed by atoms with Gasteiger partial charge in [-0.05, 0) is 29.0 Å². The quantitative estimate of drug-likeness (QED) is 0.688. The number of thiophene rings is 2. The van der Waals surface area contributed by atoms with Gasteiger partial charge in [0.2, 0.25) is 5.95 Å². The summed E-state index contributed by atoms with van der Waals surface area (Å²) in [5.74, 6) is 0.530. The zero-order valence-electron chi connectivity index (χ0n) is 12.4. The zero-order valence-corrected chi connectivity index (χ0v) is 14.1. The Hall–Kier alpha value is -1.80. The zero-order chi connectivity index (χ0) is 16.1. The fourth-order valence-electron chi connectivity index (χ4n) is 2.23. The summed E-state index contributed by atoms with van der Waals surface area (Å²) in [5, 5.41) is 22.5. The van der Waals surface area contributed by atoms with Gasteiger partial charge in [-0.15, -0.1) is 22.7 Å². The molecular weight excluding hydrogens is 330 g/mol. The Kier molecular flexibility index (Phi) is 5.35. The van der Waals surface area contributed by atoms with Crippen molar-refractivity contribution < 1.29 is 10.2 Å². The van der Waals surface area contributed by atoms with E-state index in [-0.39, 0.29) is 13.2 Å². The molecule has 0 aliphatic heterocycles. The molecule has 0 saturated carbocycles. The monoisotopic (exact) mass is 347 g/mol. The van der Waals surface area contributed by atoms with Crippen LogP contribution < -0.4 is 4.90 Å². The van der Waals surface area contributed by atoms with Gasteiger partial charge in [-0.3, -0.25) is 0 Å². The predicted octanol–water partition coefficient (Wildman–Crippen LogP) is 2.72. The highest BCUT2D eigenvalue weighted by atomic mass is 32.1. The van der Waals surface area contributed by atoms with Crippen molar-refractivity contribution in [3.05, 3.63) is 41.1 Å². The molecule has 0 unspecified atom stereocenters. The molecule has 3 heterocycles. The second-order valence-corrected chi connectivity index (χ2v) is 6.72. The van der Waals surface area contributed by atoms with Gasteiger partial charge in [0.1, 0.15) is 0 Å². The topological polar surface area (TPSA) is 69.5 Å². The van der Waals surface area contributed by atoms with Crippen LogP contribution in [0.25, 0.3) is 21.1 Å². The third-order valence-electron chi connectivity index (χ3n) is 3.28. The van der Waals surface area contributed by atoms with Crippen LogP contribution in [0.1, 0.15) is 0 Å². The number of aliphatic hydroxyl groups excluding tert-OH is 2. The van der Waals surface area contributed by atoms with Crippen LogP contribution in [0.4, 0.5) is 5.95 Å². The van der Waals surface area contributed by atoms with E-state index in [4.69, 9.17) is 0 Å². The van der Waals surface area contributed by atoms with Crippen LogP contribution in [0.2, 0.25) is 0 Å². The SMILES string of the molecule is OCCN(CCO)c1nc(-c2cccs2)cc(-c2cccs2)n1. The van der Waals surface area contributed by atoms with E-state index in [2.05, 4.69) is 9.97 Å². The van der Waals surface area contributed by atoms with Crippen molar-refractivity contribution in [3.63, 3.8) is 0 Å². The van der Waals surface area contributed by atoms with E-state index in [1.807, 2.05) is 41.1 Å². The molecule has 0 aromatic carbocycles. The lowest BCUT2D eigenvalue weighted by molar-refractivity contribution is 0.280. The molecule has 7 heteroatoms. The van der Waals surface area contributed by atoms with Crippen molar-refractivity contribution in [1.29, 1.82) is 0 Å². The summed E-state index contributed by atoms with van der Waals surface area (Å²) in [4.78, 5) is 13.2. The standard InChI is InChI=1S/C16H17N3O2S2/c20-7-5-19(6-8-21)16-17-12(14-3-1-9-22-14)11-13(18-16)15-4-2-10-23-15/h1-4,9-11,20-21H,5-8H2. The Morgan fingerprint density at radius 1 is 0.870 bits per heavy atom. The van der Waals surface area contributed by atoms with Crippen LogP contribution >= 0.6 is 22.7 Å². The summed E-state index contributed by atoms with van der Waals surface area (Å²) >= 11 is 3.25. The first-order valence-corrected chi connectivity index (χ1v) is 9.01. The van der Waals surface area contributed by atoms with Crippen LogP contribution in [-0.4, -0.2) is 46.5 Å². The highest BCUT2D eigenvalue weighted by Gasteiger charge is 2.14. The van der Waals surface area contributed by atoms with E-state index in [0.717, 1.165) is 21.1 Å². The second-order valence-electron chi connectivity index (χ2n) is 4.83. The smallest absolute Gasteiger partial charge is 0.226 e. The van der Waals surface area contributed by atoms with Crippen molar-refractivity contribution >= 4 is 28.6 Å². The molecule has 0 amide bonds. The maximum Gasteiger partial charge on any atom is 0.226 e. The van der Waals surface area contributed by atoms with Gasteiger partial charge in [0, 0.05) is 13.1 Å². The molecule has 0 atom stereocenters. The maximum atomic E-state index is 9.26. The van der Waals surface area contributed by atoms with Crippen molar-refractivity contribution in [2.45, 2.75) is 0 Å². The molecule has 0 spiro atoms. The predicted molar refractivity (Wildman–Crippen MR) is 95.0 cm³/mol. The third kappa shape index (κ3) is 3.76. The number of hydrogen-bond donors (Lipinski definition) is 2. The fourth-order valence-corrected chi connectivity index (χ4v) is 3.60. The van der Waals surface area contributed by atoms with Crippen LogP contribution in [-0.2, 0) is 0 Å². The van der Waals surface area contributed by atoms with Crippen LogP contribution in [0, 0.1) is 0 Å². The molecule has 0 aliphatic carbocycles. The minimum absolute atomic E-state index is 0.0130. The maximum absolute atomic E-state index is 9.26. The average Bonchev–Trinajstić information content (AvgIpc) is 3.27. The second kappa shape index (κ2) is 7.65. The van der Waals surface area contributed by atoms with E-state index >= 15 is 0 Å². The molecule has 3 aromatic heterocycles. The normalized spacial score (nSPS) is 10.9. The summed E-state index contributed by atoms with van der Waals surface area (Å²) in [6, 6.07) is 10.0. The van der Waals surface area contributed by atoms with Gasteiger partial charge in [-0.25, -0.2) is 9.97 Å². The van der Waals surface area contributed by atoms with Gasteiger partial charge in [0.25, 0.3) is 0 Å². The highest BCUT2D eigenvalue weighted by Crippen LogP contribution is 2.30. The van der Waals surface area contributed by atoms with Crippen molar-refractivity contribution in [3.8, 4) is 21.1 Å². The van der Waals surface area contributed by atoms with Crippen LogP contribution in [0.5, 0.6) is 0 Å². The van der Waals surface area contributed by atoms with Gasteiger partial charge in [-0.2, -0.15) is 0 Å². The van der Waals surface area contributed by atoms with Gasteiger partial charge >= 0.3 is 0 Å². The number of aromatic nitrogens is 2. The number of nitrogens with zero attached hydrogens (tertiary/aromatic N) is 3. The average molecular weight is 347 g/mol. The summed E-state index contributed by atoms with van der Waals surface area (Å²) in [7, 11) is 0. The Balaban J connectivity index is 2.07. The minimum atomic E-state index is -0.0130. The van der Waals surface area contributed by atoms with E-state index in [1.54, 1.807) is 27.6 Å². The molecule has 0 bridgehead atoms. The first-order valence-electron chi connectivity index (χ1n) is 7.25. The highest BCUT2D eigenvalue weighted by molar-refractivity contribution is 7.14. The molecule has 0 saturated heterocycles. The van der Waals surface area contributed by atoms with Gasteiger partial charge in [0.15, 0.2) is 0 Å². The molecule has 0 fully saturated rings. The van der Waals surface area contributed by atoms with Crippen molar-refractivity contribution in [1.82, 2.24) is 9.97 Å². The molecular formula is C16H17N3O2S2. The van der Waals surface area contributed by atoms with E-state index in [9.17, 15) is 10.2 Å². The molecule has 0 radical (unpaired) electrons. The molecule has 3 rings (SSSR count). The minimum Gasteiger partial charge on any atom is -0.395 e. The van der Waals surface area contributed by atoms with Gasteiger partial charge < -0.3 is 15.1 Å². The summed E-state index contributed by atoms with van der Waals surface area (Å²) in [6.07, 6.45) is 0. The third-order valence-corrected chi connectivity index (χ3v) is 5.07. The Labute approximate surface area is 142 Å². The fraction of sp³-hybridized carbons (Fsp3) is 0.250. The molecule has 3 aromatic rings. The molecule has 23 heavy (non-hydrogen) atoms. The van der Waals surface area contributed by atoms with Crippen molar-refractivity contribution in [2.24, 2.45) is 0 Å². The van der Waals surface area contributed by atoms with Crippen LogP contribution in [0.15, 0.2) is 41.1 Å². The Bertz CT molecular complexity index is 671. The van der Waals surface area contributed by atoms with E-state index < -0.39 is 0 Å². The van der Waals surface area contributed by atoms with Gasteiger partial charge in [-0.1, -0.05) is 12.1 Å². The first kappa shape index (κ1) is 16.1. The largest absolute Gasteiger partial charge is 0.395 e. The first-order chi connectivity index (χ1) is 11.3. The van der Waals surface area contributed by atoms with Gasteiger partial charge in [0.05, 0.1) is 34.4 Å². The number of anilines is 1. The summed E-state index contributed by atoms with van der Waals surface area (Å²) in [6.45, 7) is 0.749. The lowest BCUT2D eigenvalue weighted by Crippen LogP contribution is -2.31. The number of rotatable bonds is 7. The molecule has 2 N–H and O–H groups in total. The number of hydrogen-bond acceptors (Lipinski definition) is 7. The molecule has 5 nitrogen and oxygen atoms in total. The summed E-state index contributed by atoms with van der Waals surface area (Å²) in [5.41, 5.74) is 1.71. The molecule has 0 aliphatic rings. The lowest BCUT2D eigenvalue weighted by atomic mass is 10.2. The summed E-state index contributed by atoms with van der Waals surface area (Å²) < 4.78 is 0. The van der Waals surface area contributed by atoms with Crippen LogP contribution in [0.3, 0.4) is 0 Å². The van der Waals surface area contributed by atoms with E-state index in [1.165, 1.54) is 0 Å². The lowest BCUT2D eigenvalue weighted by Gasteiger charge is -2.21. The Morgan fingerprint density at radius 3 is 1.78 bits per heavy atom.